The maximum Gasteiger partial charge on any atom is 0.0604 e. The Morgan fingerprint density at radius 3 is 2.70 bits per heavy atom. The Hall–Kier alpha value is -0.340. The van der Waals surface area contributed by atoms with Crippen LogP contribution in [0.15, 0.2) is 12.7 Å². The van der Waals surface area contributed by atoms with Crippen LogP contribution in [-0.4, -0.2) is 24.7 Å². The number of nitrogens with zero attached hydrogens (tertiary/aromatic N) is 1. The van der Waals surface area contributed by atoms with E-state index in [9.17, 15) is 0 Å². The van der Waals surface area contributed by atoms with Gasteiger partial charge in [-0.05, 0) is 26.4 Å². The summed E-state index contributed by atoms with van der Waals surface area (Å²) < 4.78 is 0. The zero-order valence-corrected chi connectivity index (χ0v) is 7.01. The van der Waals surface area contributed by atoms with Crippen molar-refractivity contribution in [3.8, 4) is 0 Å². The van der Waals surface area contributed by atoms with Crippen LogP contribution in [-0.2, 0) is 0 Å². The third kappa shape index (κ3) is 3.64. The van der Waals surface area contributed by atoms with Gasteiger partial charge in [-0.25, -0.2) is 0 Å². The van der Waals surface area contributed by atoms with E-state index in [-0.39, 0.29) is 6.17 Å². The van der Waals surface area contributed by atoms with Gasteiger partial charge in [0.15, 0.2) is 0 Å². The monoisotopic (exact) mass is 142 g/mol. The average Bonchev–Trinajstić information content (AvgIpc) is 1.89. The van der Waals surface area contributed by atoms with Gasteiger partial charge in [-0.2, -0.15) is 0 Å². The predicted octanol–water partition coefficient (Wildman–Crippen LogP) is 1.19. The van der Waals surface area contributed by atoms with E-state index in [1.807, 2.05) is 13.1 Å². The van der Waals surface area contributed by atoms with Crippen molar-refractivity contribution in [2.75, 3.05) is 13.6 Å². The molecule has 0 spiro atoms. The third-order valence-electron chi connectivity index (χ3n) is 1.55. The summed E-state index contributed by atoms with van der Waals surface area (Å²) in [5, 5.41) is 0. The fourth-order valence-corrected chi connectivity index (χ4v) is 0.869. The molecule has 0 aliphatic heterocycles. The highest BCUT2D eigenvalue weighted by atomic mass is 15.2. The predicted molar refractivity (Wildman–Crippen MR) is 45.7 cm³/mol. The molecule has 0 aromatic rings. The van der Waals surface area contributed by atoms with Gasteiger partial charge < -0.3 is 5.73 Å². The van der Waals surface area contributed by atoms with Crippen LogP contribution in [0.4, 0.5) is 0 Å². The van der Waals surface area contributed by atoms with Crippen molar-refractivity contribution in [3.05, 3.63) is 12.7 Å². The fraction of sp³-hybridized carbons (Fsp3) is 0.750. The number of rotatable bonds is 5. The van der Waals surface area contributed by atoms with E-state index < -0.39 is 0 Å². The van der Waals surface area contributed by atoms with E-state index >= 15 is 0 Å². The second kappa shape index (κ2) is 5.45. The van der Waals surface area contributed by atoms with Gasteiger partial charge in [0.25, 0.3) is 0 Å². The SMILES string of the molecule is C=CCC(N)N(C)CCC. The van der Waals surface area contributed by atoms with E-state index in [1.54, 1.807) is 0 Å². The minimum atomic E-state index is 0.150. The van der Waals surface area contributed by atoms with Gasteiger partial charge in [0.1, 0.15) is 0 Å². The molecule has 0 radical (unpaired) electrons. The van der Waals surface area contributed by atoms with Gasteiger partial charge in [-0.3, -0.25) is 4.90 Å². The standard InChI is InChI=1S/C8H18N2/c1-4-6-8(9)10(3)7-5-2/h4,8H,1,5-7,9H2,2-3H3. The molecule has 2 nitrogen and oxygen atoms in total. The minimum absolute atomic E-state index is 0.150. The van der Waals surface area contributed by atoms with Gasteiger partial charge in [-0.1, -0.05) is 13.0 Å². The van der Waals surface area contributed by atoms with Crippen molar-refractivity contribution in [2.45, 2.75) is 25.9 Å². The summed E-state index contributed by atoms with van der Waals surface area (Å²) in [5.74, 6) is 0. The highest BCUT2D eigenvalue weighted by Gasteiger charge is 2.04. The Labute approximate surface area is 63.7 Å². The highest BCUT2D eigenvalue weighted by molar-refractivity contribution is 4.74. The second-order valence-electron chi connectivity index (χ2n) is 2.57. The van der Waals surface area contributed by atoms with E-state index in [0.717, 1.165) is 19.4 Å². The lowest BCUT2D eigenvalue weighted by Gasteiger charge is -2.22. The Morgan fingerprint density at radius 2 is 2.30 bits per heavy atom. The highest BCUT2D eigenvalue weighted by Crippen LogP contribution is 1.95. The first-order chi connectivity index (χ1) is 4.72. The van der Waals surface area contributed by atoms with Crippen LogP contribution in [0.25, 0.3) is 0 Å². The summed E-state index contributed by atoms with van der Waals surface area (Å²) in [6, 6.07) is 0. The third-order valence-corrected chi connectivity index (χ3v) is 1.55. The summed E-state index contributed by atoms with van der Waals surface area (Å²) in [6.45, 7) is 6.85. The molecule has 2 N–H and O–H groups in total. The first-order valence-electron chi connectivity index (χ1n) is 3.79. The van der Waals surface area contributed by atoms with Crippen LogP contribution < -0.4 is 5.73 Å². The Kier molecular flexibility index (Phi) is 5.26. The number of nitrogens with two attached hydrogens (primary N) is 1. The second-order valence-corrected chi connectivity index (χ2v) is 2.57. The molecule has 0 saturated heterocycles. The van der Waals surface area contributed by atoms with Crippen LogP contribution in [0.5, 0.6) is 0 Å². The molecule has 0 amide bonds. The number of hydrogen-bond donors (Lipinski definition) is 1. The lowest BCUT2D eigenvalue weighted by Crippen LogP contribution is -2.39. The number of hydrogen-bond acceptors (Lipinski definition) is 2. The lowest BCUT2D eigenvalue weighted by atomic mass is 10.3. The van der Waals surface area contributed by atoms with Gasteiger partial charge in [-0.15, -0.1) is 6.58 Å². The molecule has 0 aromatic carbocycles. The molecule has 0 fully saturated rings. The molecule has 0 saturated carbocycles. The summed E-state index contributed by atoms with van der Waals surface area (Å²) in [5.41, 5.74) is 5.77. The lowest BCUT2D eigenvalue weighted by molar-refractivity contribution is 0.249. The summed E-state index contributed by atoms with van der Waals surface area (Å²) in [6.07, 6.45) is 4.03. The topological polar surface area (TPSA) is 29.3 Å². The van der Waals surface area contributed by atoms with E-state index in [1.165, 1.54) is 0 Å². The molecule has 0 rings (SSSR count). The molecule has 60 valence electrons. The van der Waals surface area contributed by atoms with Crippen molar-refractivity contribution in [3.63, 3.8) is 0 Å². The van der Waals surface area contributed by atoms with Crippen molar-refractivity contribution in [1.82, 2.24) is 4.90 Å². The summed E-state index contributed by atoms with van der Waals surface area (Å²) in [4.78, 5) is 2.14. The largest absolute Gasteiger partial charge is 0.315 e. The molecule has 2 heteroatoms. The maximum atomic E-state index is 5.77. The van der Waals surface area contributed by atoms with Crippen LogP contribution in [0.3, 0.4) is 0 Å². The summed E-state index contributed by atoms with van der Waals surface area (Å²) in [7, 11) is 2.04. The van der Waals surface area contributed by atoms with E-state index in [2.05, 4.69) is 18.4 Å². The van der Waals surface area contributed by atoms with E-state index in [4.69, 9.17) is 5.73 Å². The van der Waals surface area contributed by atoms with Crippen molar-refractivity contribution < 1.29 is 0 Å². The van der Waals surface area contributed by atoms with Crippen molar-refractivity contribution >= 4 is 0 Å². The Balaban J connectivity index is 3.47. The molecule has 0 aliphatic carbocycles. The van der Waals surface area contributed by atoms with Gasteiger partial charge in [0.2, 0.25) is 0 Å². The van der Waals surface area contributed by atoms with Gasteiger partial charge in [0.05, 0.1) is 6.17 Å². The summed E-state index contributed by atoms with van der Waals surface area (Å²) >= 11 is 0. The smallest absolute Gasteiger partial charge is 0.0604 e. The molecular formula is C8H18N2. The Bertz CT molecular complexity index is 91.3. The molecule has 0 aliphatic rings. The average molecular weight is 142 g/mol. The molecule has 1 unspecified atom stereocenters. The van der Waals surface area contributed by atoms with Crippen molar-refractivity contribution in [1.29, 1.82) is 0 Å². The zero-order valence-electron chi connectivity index (χ0n) is 7.01. The Morgan fingerprint density at radius 1 is 1.70 bits per heavy atom. The first kappa shape index (κ1) is 9.66. The molecule has 1 atom stereocenters. The zero-order chi connectivity index (χ0) is 7.98. The van der Waals surface area contributed by atoms with Crippen LogP contribution >= 0.6 is 0 Å². The minimum Gasteiger partial charge on any atom is -0.315 e. The van der Waals surface area contributed by atoms with E-state index in [0.29, 0.717) is 0 Å². The van der Waals surface area contributed by atoms with Crippen LogP contribution in [0.1, 0.15) is 19.8 Å². The maximum absolute atomic E-state index is 5.77. The quantitative estimate of drug-likeness (QED) is 0.461. The molecule has 0 heterocycles. The molecular weight excluding hydrogens is 124 g/mol. The van der Waals surface area contributed by atoms with Crippen molar-refractivity contribution in [2.24, 2.45) is 5.73 Å². The molecule has 0 bridgehead atoms. The normalized spacial score (nSPS) is 13.6. The fourth-order valence-electron chi connectivity index (χ4n) is 0.869. The van der Waals surface area contributed by atoms with Gasteiger partial charge in [0, 0.05) is 0 Å². The first-order valence-corrected chi connectivity index (χ1v) is 3.79. The van der Waals surface area contributed by atoms with Gasteiger partial charge >= 0.3 is 0 Å². The van der Waals surface area contributed by atoms with Crippen LogP contribution in [0.2, 0.25) is 0 Å². The van der Waals surface area contributed by atoms with Crippen LogP contribution in [0, 0.1) is 0 Å². The molecule has 10 heavy (non-hydrogen) atoms. The molecule has 0 aromatic heterocycles.